The van der Waals surface area contributed by atoms with E-state index < -0.39 is 0 Å². The third-order valence-corrected chi connectivity index (χ3v) is 2.25. The lowest BCUT2D eigenvalue weighted by molar-refractivity contribution is -0.115. The molecule has 2 nitrogen and oxygen atoms in total. The average molecular weight is 203 g/mol. The first kappa shape index (κ1) is 11.6. The largest absolute Gasteiger partial charge is 0.300 e. The Hall–Kier alpha value is -1.44. The Bertz CT molecular complexity index is 385. The fourth-order valence-corrected chi connectivity index (χ4v) is 1.57. The molecule has 0 radical (unpaired) electrons. The van der Waals surface area contributed by atoms with Crippen molar-refractivity contribution in [2.24, 2.45) is 4.99 Å². The van der Waals surface area contributed by atoms with E-state index in [2.05, 4.69) is 4.99 Å². The maximum Gasteiger partial charge on any atom is 0.135 e. The van der Waals surface area contributed by atoms with E-state index in [9.17, 15) is 4.79 Å². The monoisotopic (exact) mass is 203 g/mol. The van der Waals surface area contributed by atoms with Crippen molar-refractivity contribution in [3.05, 3.63) is 29.3 Å². The van der Waals surface area contributed by atoms with E-state index in [0.29, 0.717) is 6.42 Å². The van der Waals surface area contributed by atoms with E-state index in [4.69, 9.17) is 0 Å². The summed E-state index contributed by atoms with van der Waals surface area (Å²) in [6, 6.07) is 6.09. The molecule has 0 unspecified atom stereocenters. The number of para-hydroxylation sites is 1. The lowest BCUT2D eigenvalue weighted by atomic mass is 10.1. The molecule has 0 aliphatic carbocycles. The second kappa shape index (κ2) is 4.87. The zero-order valence-corrected chi connectivity index (χ0v) is 9.79. The molecule has 0 spiro atoms. The van der Waals surface area contributed by atoms with Gasteiger partial charge in [-0.2, -0.15) is 0 Å². The molecule has 15 heavy (non-hydrogen) atoms. The first-order valence-electron chi connectivity index (χ1n) is 5.10. The minimum atomic E-state index is 0.155. The summed E-state index contributed by atoms with van der Waals surface area (Å²) in [6.45, 7) is 7.55. The van der Waals surface area contributed by atoms with E-state index in [1.54, 1.807) is 6.92 Å². The predicted octanol–water partition coefficient (Wildman–Crippen LogP) is 3.37. The molecule has 0 aromatic heterocycles. The van der Waals surface area contributed by atoms with Crippen LogP contribution in [0.3, 0.4) is 0 Å². The maximum atomic E-state index is 10.9. The van der Waals surface area contributed by atoms with Crippen LogP contribution in [0.5, 0.6) is 0 Å². The van der Waals surface area contributed by atoms with Gasteiger partial charge in [-0.1, -0.05) is 18.2 Å². The molecule has 1 rings (SSSR count). The second-order valence-electron chi connectivity index (χ2n) is 3.97. The van der Waals surface area contributed by atoms with E-state index in [-0.39, 0.29) is 5.78 Å². The Morgan fingerprint density at radius 3 is 2.20 bits per heavy atom. The number of benzene rings is 1. The number of carbonyl (C=O) groups excluding carboxylic acids is 1. The van der Waals surface area contributed by atoms with Crippen LogP contribution in [-0.2, 0) is 4.79 Å². The summed E-state index contributed by atoms with van der Waals surface area (Å²) in [6.07, 6.45) is 0.438. The van der Waals surface area contributed by atoms with Crippen molar-refractivity contribution < 1.29 is 4.79 Å². The fraction of sp³-hybridized carbons (Fsp3) is 0.385. The lowest BCUT2D eigenvalue weighted by Crippen LogP contribution is -1.99. The summed E-state index contributed by atoms with van der Waals surface area (Å²) < 4.78 is 0. The fourth-order valence-electron chi connectivity index (χ4n) is 1.57. The summed E-state index contributed by atoms with van der Waals surface area (Å²) >= 11 is 0. The molecule has 1 aromatic rings. The number of rotatable bonds is 3. The van der Waals surface area contributed by atoms with Gasteiger partial charge in [-0.05, 0) is 38.8 Å². The molecular formula is C13H17NO. The highest BCUT2D eigenvalue weighted by Crippen LogP contribution is 2.23. The number of aryl methyl sites for hydroxylation is 2. The molecule has 0 N–H and O–H groups in total. The summed E-state index contributed by atoms with van der Waals surface area (Å²) in [5, 5.41) is 0. The van der Waals surface area contributed by atoms with E-state index >= 15 is 0 Å². The van der Waals surface area contributed by atoms with E-state index in [0.717, 1.165) is 22.5 Å². The molecule has 0 amide bonds. The van der Waals surface area contributed by atoms with Gasteiger partial charge in [-0.3, -0.25) is 9.79 Å². The highest BCUT2D eigenvalue weighted by molar-refractivity contribution is 6.00. The zero-order chi connectivity index (χ0) is 11.4. The van der Waals surface area contributed by atoms with Gasteiger partial charge in [0.1, 0.15) is 5.78 Å². The van der Waals surface area contributed by atoms with Crippen LogP contribution in [-0.4, -0.2) is 11.5 Å². The molecule has 1 aromatic carbocycles. The minimum absolute atomic E-state index is 0.155. The predicted molar refractivity (Wildman–Crippen MR) is 64.0 cm³/mol. The quantitative estimate of drug-likeness (QED) is 0.692. The van der Waals surface area contributed by atoms with Crippen LogP contribution in [0, 0.1) is 13.8 Å². The van der Waals surface area contributed by atoms with Crippen molar-refractivity contribution in [2.75, 3.05) is 0 Å². The molecule has 80 valence electrons. The number of carbonyl (C=O) groups is 1. The number of aliphatic imine (C=N–C) groups is 1. The molecule has 0 fully saturated rings. The van der Waals surface area contributed by atoms with Crippen molar-refractivity contribution in [1.29, 1.82) is 0 Å². The summed E-state index contributed by atoms with van der Waals surface area (Å²) in [5.41, 5.74) is 4.17. The van der Waals surface area contributed by atoms with Gasteiger partial charge in [0.2, 0.25) is 0 Å². The van der Waals surface area contributed by atoms with Crippen LogP contribution in [0.15, 0.2) is 23.2 Å². The summed E-state index contributed by atoms with van der Waals surface area (Å²) in [7, 11) is 0. The maximum absolute atomic E-state index is 10.9. The van der Waals surface area contributed by atoms with Gasteiger partial charge in [0.15, 0.2) is 0 Å². The third kappa shape index (κ3) is 3.31. The van der Waals surface area contributed by atoms with Crippen molar-refractivity contribution in [3.63, 3.8) is 0 Å². The molecule has 0 atom stereocenters. The van der Waals surface area contributed by atoms with Gasteiger partial charge in [-0.25, -0.2) is 0 Å². The Labute approximate surface area is 91.0 Å². The Balaban J connectivity index is 3.02. The van der Waals surface area contributed by atoms with Crippen LogP contribution in [0.1, 0.15) is 31.4 Å². The topological polar surface area (TPSA) is 29.4 Å². The van der Waals surface area contributed by atoms with Gasteiger partial charge >= 0.3 is 0 Å². The summed E-state index contributed by atoms with van der Waals surface area (Å²) in [5.74, 6) is 0.155. The Morgan fingerprint density at radius 1 is 1.20 bits per heavy atom. The molecule has 0 aliphatic heterocycles. The average Bonchev–Trinajstić information content (AvgIpc) is 2.10. The number of ketones is 1. The van der Waals surface area contributed by atoms with E-state index in [1.165, 1.54) is 0 Å². The minimum Gasteiger partial charge on any atom is -0.300 e. The molecule has 2 heteroatoms. The van der Waals surface area contributed by atoms with Crippen LogP contribution in [0.2, 0.25) is 0 Å². The van der Waals surface area contributed by atoms with Gasteiger partial charge < -0.3 is 0 Å². The van der Waals surface area contributed by atoms with Crippen molar-refractivity contribution in [3.8, 4) is 0 Å². The molecule has 0 saturated carbocycles. The lowest BCUT2D eigenvalue weighted by Gasteiger charge is -2.05. The SMILES string of the molecule is CC(=O)CC(C)=Nc1c(C)cccc1C. The van der Waals surface area contributed by atoms with Crippen LogP contribution < -0.4 is 0 Å². The zero-order valence-electron chi connectivity index (χ0n) is 9.79. The van der Waals surface area contributed by atoms with Crippen LogP contribution in [0.25, 0.3) is 0 Å². The first-order chi connectivity index (χ1) is 7.00. The highest BCUT2D eigenvalue weighted by atomic mass is 16.1. The van der Waals surface area contributed by atoms with Crippen LogP contribution >= 0.6 is 0 Å². The molecule has 0 heterocycles. The van der Waals surface area contributed by atoms with E-state index in [1.807, 2.05) is 39.0 Å². The molecular weight excluding hydrogens is 186 g/mol. The Kier molecular flexibility index (Phi) is 3.78. The number of hydrogen-bond donors (Lipinski definition) is 0. The highest BCUT2D eigenvalue weighted by Gasteiger charge is 2.02. The number of Topliss-reactive ketones (excluding diaryl/α,β-unsaturated/α-hetero) is 1. The van der Waals surface area contributed by atoms with Gasteiger partial charge in [0.05, 0.1) is 5.69 Å². The Morgan fingerprint density at radius 2 is 1.73 bits per heavy atom. The second-order valence-corrected chi connectivity index (χ2v) is 3.97. The number of hydrogen-bond acceptors (Lipinski definition) is 2. The number of nitrogens with zero attached hydrogens (tertiary/aromatic N) is 1. The van der Waals surface area contributed by atoms with Crippen molar-refractivity contribution >= 4 is 17.2 Å². The molecule has 0 bridgehead atoms. The summed E-state index contributed by atoms with van der Waals surface area (Å²) in [4.78, 5) is 15.4. The van der Waals surface area contributed by atoms with Crippen molar-refractivity contribution in [1.82, 2.24) is 0 Å². The van der Waals surface area contributed by atoms with Gasteiger partial charge in [0, 0.05) is 12.1 Å². The van der Waals surface area contributed by atoms with Crippen LogP contribution in [0.4, 0.5) is 5.69 Å². The molecule has 0 aliphatic rings. The third-order valence-electron chi connectivity index (χ3n) is 2.25. The van der Waals surface area contributed by atoms with Crippen molar-refractivity contribution in [2.45, 2.75) is 34.1 Å². The molecule has 0 saturated heterocycles. The standard InChI is InChI=1S/C13H17NO/c1-9-6-5-7-10(2)13(9)14-11(3)8-12(4)15/h5-7H,8H2,1-4H3. The first-order valence-corrected chi connectivity index (χ1v) is 5.10. The van der Waals surface area contributed by atoms with Gasteiger partial charge in [0.25, 0.3) is 0 Å². The van der Waals surface area contributed by atoms with Gasteiger partial charge in [-0.15, -0.1) is 0 Å². The smallest absolute Gasteiger partial charge is 0.135 e. The normalized spacial score (nSPS) is 11.6.